The maximum absolute atomic E-state index is 2.30. The number of aryl methyl sites for hydroxylation is 1. The molecule has 0 nitrogen and oxygen atoms in total. The molecule has 0 saturated heterocycles. The fraction of sp³-hybridized carbons (Fsp3) is 0.0588. The predicted octanol–water partition coefficient (Wildman–Crippen LogP) is 4.80. The Balaban J connectivity index is 2.30. The van der Waals surface area contributed by atoms with Crippen LogP contribution in [0.25, 0.3) is 33.0 Å². The lowest BCUT2D eigenvalue weighted by atomic mass is 10.0. The fourth-order valence-electron chi connectivity index (χ4n) is 2.97. The quantitative estimate of drug-likeness (QED) is 0.396. The van der Waals surface area contributed by atoms with E-state index in [-0.39, 0.29) is 0 Å². The van der Waals surface area contributed by atoms with Crippen LogP contribution in [-0.4, -0.2) is 0 Å². The number of fused-ring (bicyclic) bond motifs is 3. The second-order valence-electron chi connectivity index (χ2n) is 4.76. The Morgan fingerprint density at radius 2 is 1.35 bits per heavy atom. The van der Waals surface area contributed by atoms with Gasteiger partial charge in [-0.25, -0.2) is 0 Å². The van der Waals surface area contributed by atoms with E-state index in [0.717, 1.165) is 0 Å². The van der Waals surface area contributed by atoms with Crippen molar-refractivity contribution in [3.63, 3.8) is 0 Å². The second kappa shape index (κ2) is 2.98. The molecule has 0 aliphatic heterocycles. The van der Waals surface area contributed by atoms with Crippen LogP contribution in [0, 0.1) is 6.92 Å². The van der Waals surface area contributed by atoms with E-state index in [2.05, 4.69) is 61.5 Å². The highest BCUT2D eigenvalue weighted by molar-refractivity contribution is 6.15. The van der Waals surface area contributed by atoms with Gasteiger partial charge in [0.2, 0.25) is 0 Å². The van der Waals surface area contributed by atoms with E-state index in [0.29, 0.717) is 0 Å². The van der Waals surface area contributed by atoms with Crippen LogP contribution in [0.3, 0.4) is 0 Å². The van der Waals surface area contributed by atoms with Gasteiger partial charge in [-0.2, -0.15) is 0 Å². The Bertz CT molecular complexity index is 751. The van der Waals surface area contributed by atoms with Crippen LogP contribution < -0.4 is 0 Å². The largest absolute Gasteiger partial charge is 0.0616 e. The topological polar surface area (TPSA) is 0 Å². The molecule has 0 N–H and O–H groups in total. The Labute approximate surface area is 101 Å². The number of benzene rings is 3. The molecular weight excluding hydrogens is 204 g/mol. The molecule has 17 heavy (non-hydrogen) atoms. The van der Waals surface area contributed by atoms with Gasteiger partial charge in [0.1, 0.15) is 0 Å². The lowest BCUT2D eigenvalue weighted by Crippen LogP contribution is -1.78. The maximum Gasteiger partial charge on any atom is -0.00262 e. The van der Waals surface area contributed by atoms with Crippen molar-refractivity contribution in [1.29, 1.82) is 0 Å². The minimum Gasteiger partial charge on any atom is -0.0616 e. The highest BCUT2D eigenvalue weighted by Crippen LogP contribution is 2.47. The molecule has 0 heteroatoms. The summed E-state index contributed by atoms with van der Waals surface area (Å²) in [5.74, 6) is 0. The van der Waals surface area contributed by atoms with Gasteiger partial charge >= 0.3 is 0 Å². The van der Waals surface area contributed by atoms with Crippen LogP contribution in [-0.2, 0) is 0 Å². The normalized spacial score (nSPS) is 11.8. The number of hydrogen-bond acceptors (Lipinski definition) is 0. The van der Waals surface area contributed by atoms with E-state index < -0.39 is 0 Å². The zero-order chi connectivity index (χ0) is 11.4. The van der Waals surface area contributed by atoms with Crippen molar-refractivity contribution < 1.29 is 0 Å². The third-order valence-electron chi connectivity index (χ3n) is 3.63. The van der Waals surface area contributed by atoms with Crippen molar-refractivity contribution in [2.75, 3.05) is 0 Å². The van der Waals surface area contributed by atoms with Crippen LogP contribution in [0.15, 0.2) is 54.6 Å². The van der Waals surface area contributed by atoms with E-state index in [4.69, 9.17) is 0 Å². The third-order valence-corrected chi connectivity index (χ3v) is 3.63. The van der Waals surface area contributed by atoms with Crippen LogP contribution in [0.2, 0.25) is 0 Å². The number of hydrogen-bond donors (Lipinski definition) is 0. The second-order valence-corrected chi connectivity index (χ2v) is 4.76. The van der Waals surface area contributed by atoms with Crippen molar-refractivity contribution in [3.05, 3.63) is 60.2 Å². The van der Waals surface area contributed by atoms with Gasteiger partial charge in [0.25, 0.3) is 0 Å². The summed E-state index contributed by atoms with van der Waals surface area (Å²) in [6.07, 6.45) is 0. The van der Waals surface area contributed by atoms with Gasteiger partial charge in [0.15, 0.2) is 0 Å². The first-order valence-corrected chi connectivity index (χ1v) is 5.98. The molecular formula is C17H12. The first kappa shape index (κ1) is 9.00. The average Bonchev–Trinajstić information content (AvgIpc) is 2.67. The van der Waals surface area contributed by atoms with Crippen LogP contribution >= 0.6 is 0 Å². The van der Waals surface area contributed by atoms with Gasteiger partial charge in [-0.15, -0.1) is 0 Å². The molecule has 4 rings (SSSR count). The van der Waals surface area contributed by atoms with Crippen molar-refractivity contribution in [3.8, 4) is 22.3 Å². The molecule has 0 bridgehead atoms. The monoisotopic (exact) mass is 216 g/mol. The van der Waals surface area contributed by atoms with Gasteiger partial charge in [-0.1, -0.05) is 54.6 Å². The summed E-state index contributed by atoms with van der Waals surface area (Å²) in [5.41, 5.74) is 6.86. The maximum atomic E-state index is 2.30. The van der Waals surface area contributed by atoms with Gasteiger partial charge in [-0.3, -0.25) is 0 Å². The van der Waals surface area contributed by atoms with E-state index in [1.54, 1.807) is 0 Å². The molecule has 0 saturated carbocycles. The first-order chi connectivity index (χ1) is 8.34. The standard InChI is InChI=1S/C17H12/c1-11-9-12-5-4-8-15-13-6-2-3-7-14(13)16(10-11)17(12)15/h2-10H,1H3. The molecule has 1 aliphatic rings. The van der Waals surface area contributed by atoms with Gasteiger partial charge in [0, 0.05) is 0 Å². The summed E-state index contributed by atoms with van der Waals surface area (Å²) in [4.78, 5) is 0. The molecule has 80 valence electrons. The molecule has 0 fully saturated rings. The van der Waals surface area contributed by atoms with Gasteiger partial charge < -0.3 is 0 Å². The zero-order valence-electron chi connectivity index (χ0n) is 9.70. The van der Waals surface area contributed by atoms with Crippen molar-refractivity contribution in [2.45, 2.75) is 6.92 Å². The Hall–Kier alpha value is -2.08. The van der Waals surface area contributed by atoms with Crippen molar-refractivity contribution in [1.82, 2.24) is 0 Å². The fourth-order valence-corrected chi connectivity index (χ4v) is 2.97. The van der Waals surface area contributed by atoms with E-state index >= 15 is 0 Å². The summed E-state index contributed by atoms with van der Waals surface area (Å²) in [6.45, 7) is 2.17. The summed E-state index contributed by atoms with van der Waals surface area (Å²) in [6, 6.07) is 19.9. The molecule has 0 heterocycles. The predicted molar refractivity (Wildman–Crippen MR) is 73.1 cm³/mol. The molecule has 0 unspecified atom stereocenters. The molecule has 0 atom stereocenters. The molecule has 3 aromatic rings. The molecule has 3 aromatic carbocycles. The van der Waals surface area contributed by atoms with E-state index in [1.165, 1.54) is 38.6 Å². The summed E-state index contributed by atoms with van der Waals surface area (Å²) >= 11 is 0. The summed E-state index contributed by atoms with van der Waals surface area (Å²) < 4.78 is 0. The highest BCUT2D eigenvalue weighted by Gasteiger charge is 2.20. The molecule has 0 amide bonds. The molecule has 0 radical (unpaired) electrons. The summed E-state index contributed by atoms with van der Waals surface area (Å²) in [5, 5.41) is 2.77. The Kier molecular flexibility index (Phi) is 1.58. The first-order valence-electron chi connectivity index (χ1n) is 5.98. The minimum atomic E-state index is 1.33. The molecule has 0 aromatic heterocycles. The van der Waals surface area contributed by atoms with Crippen LogP contribution in [0.5, 0.6) is 0 Å². The minimum absolute atomic E-state index is 1.33. The SMILES string of the molecule is Cc1cc2c3c(cccc3c1)-c1ccccc1-2. The average molecular weight is 216 g/mol. The van der Waals surface area contributed by atoms with Gasteiger partial charge in [-0.05, 0) is 45.5 Å². The zero-order valence-corrected chi connectivity index (χ0v) is 9.70. The van der Waals surface area contributed by atoms with Crippen molar-refractivity contribution >= 4 is 10.8 Å². The van der Waals surface area contributed by atoms with Crippen molar-refractivity contribution in [2.24, 2.45) is 0 Å². The van der Waals surface area contributed by atoms with E-state index in [1.807, 2.05) is 0 Å². The van der Waals surface area contributed by atoms with Crippen LogP contribution in [0.4, 0.5) is 0 Å². The van der Waals surface area contributed by atoms with Crippen LogP contribution in [0.1, 0.15) is 5.56 Å². The highest BCUT2D eigenvalue weighted by atomic mass is 14.2. The van der Waals surface area contributed by atoms with E-state index in [9.17, 15) is 0 Å². The van der Waals surface area contributed by atoms with Gasteiger partial charge in [0.05, 0.1) is 0 Å². The molecule has 1 aliphatic carbocycles. The Morgan fingerprint density at radius 1 is 0.647 bits per heavy atom. The lowest BCUT2D eigenvalue weighted by Gasteiger charge is -2.03. The third kappa shape index (κ3) is 1.07. The molecule has 0 spiro atoms. The Morgan fingerprint density at radius 3 is 2.18 bits per heavy atom. The lowest BCUT2D eigenvalue weighted by molar-refractivity contribution is 1.51. The number of rotatable bonds is 0. The smallest absolute Gasteiger partial charge is 0.00262 e. The summed E-state index contributed by atoms with van der Waals surface area (Å²) in [7, 11) is 0.